The fraction of sp³-hybridized carbons (Fsp3) is 0.864. The van der Waals surface area contributed by atoms with E-state index in [-0.39, 0.29) is 35.8 Å². The van der Waals surface area contributed by atoms with E-state index in [0.29, 0.717) is 50.9 Å². The predicted octanol–water partition coefficient (Wildman–Crippen LogP) is 2.93. The Balaban J connectivity index is 0.00000450. The molecule has 0 spiro atoms. The van der Waals surface area contributed by atoms with Crippen molar-refractivity contribution in [2.24, 2.45) is 22.6 Å². The van der Waals surface area contributed by atoms with Crippen molar-refractivity contribution < 1.29 is 9.59 Å². The predicted molar refractivity (Wildman–Crippen MR) is 133 cm³/mol. The summed E-state index contributed by atoms with van der Waals surface area (Å²) in [6, 6.07) is 0. The van der Waals surface area contributed by atoms with Gasteiger partial charge in [-0.3, -0.25) is 14.6 Å². The van der Waals surface area contributed by atoms with E-state index in [4.69, 9.17) is 5.73 Å². The highest BCUT2D eigenvalue weighted by atomic mass is 127. The number of nitrogens with zero attached hydrogens (tertiary/aromatic N) is 4. The summed E-state index contributed by atoms with van der Waals surface area (Å²) >= 11 is 0. The van der Waals surface area contributed by atoms with Crippen molar-refractivity contribution >= 4 is 41.8 Å². The molecule has 0 atom stereocenters. The molecule has 0 saturated carbocycles. The average Bonchev–Trinajstić information content (AvgIpc) is 2.70. The van der Waals surface area contributed by atoms with Crippen molar-refractivity contribution in [1.82, 2.24) is 14.7 Å². The number of guanidine groups is 1. The van der Waals surface area contributed by atoms with Gasteiger partial charge in [0.05, 0.1) is 0 Å². The Morgan fingerprint density at radius 2 is 1.47 bits per heavy atom. The maximum absolute atomic E-state index is 12.4. The number of carbonyl (C=O) groups is 2. The van der Waals surface area contributed by atoms with Crippen LogP contribution in [0.5, 0.6) is 0 Å². The minimum atomic E-state index is 0. The highest BCUT2D eigenvalue weighted by molar-refractivity contribution is 14.0. The third kappa shape index (κ3) is 9.39. The molecular weight excluding hydrogens is 493 g/mol. The molecule has 2 saturated heterocycles. The number of amides is 2. The molecule has 2 N–H and O–H groups in total. The fourth-order valence-electron chi connectivity index (χ4n) is 3.94. The highest BCUT2D eigenvalue weighted by Gasteiger charge is 2.24. The monoisotopic (exact) mass is 535 g/mol. The molecular formula is C22H42IN5O2. The summed E-state index contributed by atoms with van der Waals surface area (Å²) in [7, 11) is 0. The van der Waals surface area contributed by atoms with Crippen molar-refractivity contribution in [2.75, 3.05) is 45.8 Å². The lowest BCUT2D eigenvalue weighted by atomic mass is 10.00. The van der Waals surface area contributed by atoms with Gasteiger partial charge in [-0.15, -0.1) is 24.0 Å². The van der Waals surface area contributed by atoms with Crippen molar-refractivity contribution in [3.8, 4) is 0 Å². The van der Waals surface area contributed by atoms with Crippen molar-refractivity contribution in [3.05, 3.63) is 0 Å². The van der Waals surface area contributed by atoms with E-state index in [0.717, 1.165) is 44.8 Å². The minimum Gasteiger partial charge on any atom is -0.370 e. The number of hydrogen-bond donors (Lipinski definition) is 1. The van der Waals surface area contributed by atoms with E-state index < -0.39 is 0 Å². The average molecular weight is 536 g/mol. The van der Waals surface area contributed by atoms with Crippen molar-refractivity contribution in [1.29, 1.82) is 0 Å². The van der Waals surface area contributed by atoms with Gasteiger partial charge in [0.15, 0.2) is 5.96 Å². The zero-order chi connectivity index (χ0) is 21.2. The third-order valence-corrected chi connectivity index (χ3v) is 6.00. The van der Waals surface area contributed by atoms with Gasteiger partial charge in [-0.25, -0.2) is 0 Å². The zero-order valence-corrected chi connectivity index (χ0v) is 21.5. The van der Waals surface area contributed by atoms with E-state index in [1.807, 2.05) is 9.80 Å². The molecule has 2 fully saturated rings. The van der Waals surface area contributed by atoms with E-state index in [1.54, 1.807) is 0 Å². The first-order chi connectivity index (χ1) is 13.9. The Hall–Kier alpha value is -1.06. The fourth-order valence-corrected chi connectivity index (χ4v) is 3.94. The molecule has 0 aromatic rings. The standard InChI is InChI=1S/C22H41N5O2.HI/c1-18(2)17-21(29)26-15-13-25(14-16-26)20(28)7-5-4-6-10-24-22(23)27-11-8-19(3)9-12-27;/h18-19H,4-17H2,1-3H3,(H2,23,24);1H. The molecule has 0 bridgehead atoms. The first kappa shape index (κ1) is 27.0. The zero-order valence-electron chi connectivity index (χ0n) is 19.1. The van der Waals surface area contributed by atoms with Crippen LogP contribution in [0.3, 0.4) is 0 Å². The summed E-state index contributed by atoms with van der Waals surface area (Å²) in [6.07, 6.45) is 6.42. The van der Waals surface area contributed by atoms with E-state index in [2.05, 4.69) is 30.7 Å². The molecule has 0 unspecified atom stereocenters. The SMILES string of the molecule is CC(C)CC(=O)N1CCN(C(=O)CCCCCN=C(N)N2CCC(C)CC2)CC1.I. The molecule has 2 rings (SSSR count). The molecule has 2 amide bonds. The first-order valence-electron chi connectivity index (χ1n) is 11.5. The second kappa shape index (κ2) is 14.1. The maximum atomic E-state index is 12.4. The number of nitrogens with two attached hydrogens (primary N) is 1. The van der Waals surface area contributed by atoms with Crippen LogP contribution in [0.25, 0.3) is 0 Å². The molecule has 0 radical (unpaired) electrons. The molecule has 2 aliphatic rings. The minimum absolute atomic E-state index is 0. The van der Waals surface area contributed by atoms with Crippen LogP contribution in [-0.4, -0.2) is 78.3 Å². The number of hydrogen-bond acceptors (Lipinski definition) is 3. The molecule has 0 aromatic carbocycles. The van der Waals surface area contributed by atoms with Crippen LogP contribution in [0.2, 0.25) is 0 Å². The number of piperazine rings is 1. The Bertz CT molecular complexity index is 554. The van der Waals surface area contributed by atoms with Crippen LogP contribution in [-0.2, 0) is 9.59 Å². The smallest absolute Gasteiger partial charge is 0.222 e. The molecule has 0 aliphatic carbocycles. The van der Waals surface area contributed by atoms with E-state index in [9.17, 15) is 9.59 Å². The van der Waals surface area contributed by atoms with Gasteiger partial charge in [0, 0.05) is 58.7 Å². The second-order valence-electron chi connectivity index (χ2n) is 9.08. The van der Waals surface area contributed by atoms with Gasteiger partial charge >= 0.3 is 0 Å². The van der Waals surface area contributed by atoms with E-state index in [1.165, 1.54) is 12.8 Å². The van der Waals surface area contributed by atoms with Crippen LogP contribution in [0, 0.1) is 11.8 Å². The van der Waals surface area contributed by atoms with Gasteiger partial charge in [0.2, 0.25) is 11.8 Å². The Morgan fingerprint density at radius 3 is 2.03 bits per heavy atom. The normalized spacial score (nSPS) is 18.5. The van der Waals surface area contributed by atoms with E-state index >= 15 is 0 Å². The van der Waals surface area contributed by atoms with Crippen LogP contribution in [0.1, 0.15) is 65.7 Å². The van der Waals surface area contributed by atoms with Crippen LogP contribution in [0.4, 0.5) is 0 Å². The molecule has 2 aliphatic heterocycles. The van der Waals surface area contributed by atoms with Crippen LogP contribution in [0.15, 0.2) is 4.99 Å². The Labute approximate surface area is 199 Å². The van der Waals surface area contributed by atoms with Gasteiger partial charge in [0.25, 0.3) is 0 Å². The Morgan fingerprint density at radius 1 is 0.900 bits per heavy atom. The number of carbonyl (C=O) groups excluding carboxylic acids is 2. The quantitative estimate of drug-likeness (QED) is 0.224. The molecule has 0 aromatic heterocycles. The first-order valence-corrected chi connectivity index (χ1v) is 11.5. The number of likely N-dealkylation sites (tertiary alicyclic amines) is 1. The van der Waals surface area contributed by atoms with Crippen molar-refractivity contribution in [2.45, 2.75) is 65.7 Å². The number of rotatable bonds is 8. The van der Waals surface area contributed by atoms with Crippen molar-refractivity contribution in [3.63, 3.8) is 0 Å². The lowest BCUT2D eigenvalue weighted by molar-refractivity contribution is -0.140. The van der Waals surface area contributed by atoms with Gasteiger partial charge in [-0.2, -0.15) is 0 Å². The number of piperidine rings is 1. The number of unbranched alkanes of at least 4 members (excludes halogenated alkanes) is 2. The lowest BCUT2D eigenvalue weighted by Crippen LogP contribution is -2.50. The largest absolute Gasteiger partial charge is 0.370 e. The molecule has 30 heavy (non-hydrogen) atoms. The highest BCUT2D eigenvalue weighted by Crippen LogP contribution is 2.15. The maximum Gasteiger partial charge on any atom is 0.222 e. The summed E-state index contributed by atoms with van der Waals surface area (Å²) in [4.78, 5) is 35.0. The van der Waals surface area contributed by atoms with Gasteiger partial charge in [-0.05, 0) is 37.5 Å². The summed E-state index contributed by atoms with van der Waals surface area (Å²) in [5, 5.41) is 0. The molecule has 7 nitrogen and oxygen atoms in total. The second-order valence-corrected chi connectivity index (χ2v) is 9.08. The lowest BCUT2D eigenvalue weighted by Gasteiger charge is -2.35. The molecule has 2 heterocycles. The summed E-state index contributed by atoms with van der Waals surface area (Å²) < 4.78 is 0. The summed E-state index contributed by atoms with van der Waals surface area (Å²) in [5.41, 5.74) is 6.10. The summed E-state index contributed by atoms with van der Waals surface area (Å²) in [6.45, 7) is 11.8. The van der Waals surface area contributed by atoms with Gasteiger partial charge in [0.1, 0.15) is 0 Å². The number of halogens is 1. The van der Waals surface area contributed by atoms with Gasteiger partial charge < -0.3 is 20.4 Å². The van der Waals surface area contributed by atoms with Crippen LogP contribution >= 0.6 is 24.0 Å². The van der Waals surface area contributed by atoms with Gasteiger partial charge in [-0.1, -0.05) is 27.2 Å². The molecule has 8 heteroatoms. The topological polar surface area (TPSA) is 82.2 Å². The van der Waals surface area contributed by atoms with Crippen LogP contribution < -0.4 is 5.73 Å². The molecule has 174 valence electrons. The number of aliphatic imine (C=N–C) groups is 1. The Kier molecular flexibility index (Phi) is 12.7. The summed E-state index contributed by atoms with van der Waals surface area (Å²) in [5.74, 6) is 2.28. The third-order valence-electron chi connectivity index (χ3n) is 6.00.